The molecule has 1 atom stereocenters. The molecule has 0 aliphatic rings. The minimum Gasteiger partial charge on any atom is -0.349 e. The SMILES string of the molecule is CCCn1cc(S(=O)(=O)N(C)C(C)CSC)cc1CNC. The number of nitrogens with zero attached hydrogens (tertiary/aromatic N) is 2. The lowest BCUT2D eigenvalue weighted by Crippen LogP contribution is -2.36. The monoisotopic (exact) mass is 333 g/mol. The van der Waals surface area contributed by atoms with Gasteiger partial charge in [0.2, 0.25) is 10.0 Å². The normalized spacial score (nSPS) is 13.8. The minimum absolute atomic E-state index is 0.0210. The zero-order chi connectivity index (χ0) is 16.0. The van der Waals surface area contributed by atoms with Gasteiger partial charge in [0.15, 0.2) is 0 Å². The Bertz CT molecular complexity index is 517. The lowest BCUT2D eigenvalue weighted by molar-refractivity contribution is 0.415. The first-order valence-corrected chi connectivity index (χ1v) is 10.0. The number of thioether (sulfide) groups is 1. The van der Waals surface area contributed by atoms with Crippen molar-refractivity contribution in [3.63, 3.8) is 0 Å². The van der Waals surface area contributed by atoms with Crippen LogP contribution in [0.3, 0.4) is 0 Å². The molecule has 0 bridgehead atoms. The molecule has 0 fully saturated rings. The van der Waals surface area contributed by atoms with Gasteiger partial charge in [-0.3, -0.25) is 0 Å². The molecular formula is C14H27N3O2S2. The first-order valence-electron chi connectivity index (χ1n) is 7.19. The maximum Gasteiger partial charge on any atom is 0.244 e. The number of aromatic nitrogens is 1. The highest BCUT2D eigenvalue weighted by molar-refractivity contribution is 7.98. The first-order chi connectivity index (χ1) is 9.88. The average molecular weight is 334 g/mol. The van der Waals surface area contributed by atoms with E-state index in [-0.39, 0.29) is 6.04 Å². The van der Waals surface area contributed by atoms with Crippen molar-refractivity contribution in [1.29, 1.82) is 0 Å². The molecule has 0 saturated carbocycles. The Labute approximate surface area is 133 Å². The van der Waals surface area contributed by atoms with Crippen molar-refractivity contribution in [2.24, 2.45) is 0 Å². The maximum absolute atomic E-state index is 12.7. The van der Waals surface area contributed by atoms with Gasteiger partial charge in [0, 0.05) is 43.8 Å². The van der Waals surface area contributed by atoms with E-state index < -0.39 is 10.0 Å². The van der Waals surface area contributed by atoms with E-state index in [1.54, 1.807) is 31.1 Å². The van der Waals surface area contributed by atoms with Gasteiger partial charge < -0.3 is 9.88 Å². The first kappa shape index (κ1) is 18.5. The van der Waals surface area contributed by atoms with Crippen molar-refractivity contribution in [3.05, 3.63) is 18.0 Å². The summed E-state index contributed by atoms with van der Waals surface area (Å²) in [6.07, 6.45) is 4.72. The standard InChI is InChI=1S/C14H27N3O2S2/c1-6-7-17-10-14(8-13(17)9-15-3)21(18,19)16(4)12(2)11-20-5/h8,10,12,15H,6-7,9,11H2,1-5H3. The Hall–Kier alpha value is -0.500. The van der Waals surface area contributed by atoms with Crippen LogP contribution in [-0.2, 0) is 23.1 Å². The van der Waals surface area contributed by atoms with E-state index in [4.69, 9.17) is 0 Å². The predicted molar refractivity (Wildman–Crippen MR) is 90.3 cm³/mol. The molecule has 1 aromatic heterocycles. The molecule has 0 radical (unpaired) electrons. The van der Waals surface area contributed by atoms with Crippen LogP contribution in [0.5, 0.6) is 0 Å². The summed E-state index contributed by atoms with van der Waals surface area (Å²) in [4.78, 5) is 0.386. The number of rotatable bonds is 9. The third-order valence-electron chi connectivity index (χ3n) is 3.49. The average Bonchev–Trinajstić information content (AvgIpc) is 2.83. The topological polar surface area (TPSA) is 54.3 Å². The number of sulfonamides is 1. The Balaban J connectivity index is 3.10. The fraction of sp³-hybridized carbons (Fsp3) is 0.714. The third-order valence-corrected chi connectivity index (χ3v) is 6.24. The second-order valence-electron chi connectivity index (χ2n) is 5.22. The van der Waals surface area contributed by atoms with Gasteiger partial charge in [-0.2, -0.15) is 16.1 Å². The zero-order valence-electron chi connectivity index (χ0n) is 13.6. The van der Waals surface area contributed by atoms with E-state index in [0.717, 1.165) is 24.4 Å². The molecular weight excluding hydrogens is 306 g/mol. The van der Waals surface area contributed by atoms with Gasteiger partial charge in [0.05, 0.1) is 0 Å². The van der Waals surface area contributed by atoms with E-state index in [9.17, 15) is 8.42 Å². The summed E-state index contributed by atoms with van der Waals surface area (Å²) in [7, 11) is 0.0958. The van der Waals surface area contributed by atoms with E-state index in [1.165, 1.54) is 4.31 Å². The summed E-state index contributed by atoms with van der Waals surface area (Å²) in [6.45, 7) is 5.52. The van der Waals surface area contributed by atoms with Crippen molar-refractivity contribution < 1.29 is 8.42 Å². The molecule has 5 nitrogen and oxygen atoms in total. The summed E-state index contributed by atoms with van der Waals surface area (Å²) < 4.78 is 28.9. The van der Waals surface area contributed by atoms with Crippen LogP contribution in [0.1, 0.15) is 26.0 Å². The third kappa shape index (κ3) is 4.48. The van der Waals surface area contributed by atoms with E-state index in [2.05, 4.69) is 12.2 Å². The quantitative estimate of drug-likeness (QED) is 0.751. The maximum atomic E-state index is 12.7. The Morgan fingerprint density at radius 1 is 1.48 bits per heavy atom. The van der Waals surface area contributed by atoms with Crippen LogP contribution in [0.25, 0.3) is 0 Å². The van der Waals surface area contributed by atoms with Gasteiger partial charge >= 0.3 is 0 Å². The molecule has 1 unspecified atom stereocenters. The molecule has 0 saturated heterocycles. The van der Waals surface area contributed by atoms with E-state index in [0.29, 0.717) is 11.4 Å². The lowest BCUT2D eigenvalue weighted by atomic mass is 10.4. The van der Waals surface area contributed by atoms with Gasteiger partial charge in [-0.15, -0.1) is 0 Å². The molecule has 122 valence electrons. The molecule has 0 aliphatic carbocycles. The molecule has 0 aliphatic heterocycles. The molecule has 0 spiro atoms. The van der Waals surface area contributed by atoms with Crippen LogP contribution < -0.4 is 5.32 Å². The summed E-state index contributed by atoms with van der Waals surface area (Å²) in [5.41, 5.74) is 1.00. The Kier molecular flexibility index (Phi) is 7.26. The van der Waals surface area contributed by atoms with Crippen molar-refractivity contribution in [3.8, 4) is 0 Å². The summed E-state index contributed by atoms with van der Waals surface area (Å²) >= 11 is 1.65. The van der Waals surface area contributed by atoms with Gasteiger partial charge in [-0.25, -0.2) is 8.42 Å². The summed E-state index contributed by atoms with van der Waals surface area (Å²) in [5.74, 6) is 0.786. The fourth-order valence-electron chi connectivity index (χ4n) is 2.19. The van der Waals surface area contributed by atoms with E-state index in [1.807, 2.05) is 24.8 Å². The highest BCUT2D eigenvalue weighted by Crippen LogP contribution is 2.21. The molecule has 1 N–H and O–H groups in total. The van der Waals surface area contributed by atoms with Gasteiger partial charge in [0.25, 0.3) is 0 Å². The highest BCUT2D eigenvalue weighted by Gasteiger charge is 2.26. The fourth-order valence-corrected chi connectivity index (χ4v) is 4.42. The lowest BCUT2D eigenvalue weighted by Gasteiger charge is -2.23. The van der Waals surface area contributed by atoms with Crippen molar-refractivity contribution in [2.45, 2.75) is 44.3 Å². The highest BCUT2D eigenvalue weighted by atomic mass is 32.2. The number of nitrogens with one attached hydrogen (secondary N) is 1. The summed E-state index contributed by atoms with van der Waals surface area (Å²) in [6, 6.07) is 1.76. The van der Waals surface area contributed by atoms with Crippen molar-refractivity contribution in [1.82, 2.24) is 14.2 Å². The van der Waals surface area contributed by atoms with Crippen LogP contribution in [0.2, 0.25) is 0 Å². The smallest absolute Gasteiger partial charge is 0.244 e. The second kappa shape index (κ2) is 8.22. The van der Waals surface area contributed by atoms with Gasteiger partial charge in [0.1, 0.15) is 4.90 Å². The van der Waals surface area contributed by atoms with Crippen molar-refractivity contribution >= 4 is 21.8 Å². The van der Waals surface area contributed by atoms with Crippen LogP contribution >= 0.6 is 11.8 Å². The molecule has 0 aromatic carbocycles. The van der Waals surface area contributed by atoms with Gasteiger partial charge in [-0.05, 0) is 32.7 Å². The van der Waals surface area contributed by atoms with Gasteiger partial charge in [-0.1, -0.05) is 6.92 Å². The van der Waals surface area contributed by atoms with Crippen LogP contribution in [0.4, 0.5) is 0 Å². The second-order valence-corrected chi connectivity index (χ2v) is 8.12. The zero-order valence-corrected chi connectivity index (χ0v) is 15.2. The number of hydrogen-bond donors (Lipinski definition) is 1. The number of aryl methyl sites for hydroxylation is 1. The molecule has 21 heavy (non-hydrogen) atoms. The molecule has 1 heterocycles. The Morgan fingerprint density at radius 2 is 2.14 bits per heavy atom. The molecule has 1 rings (SSSR count). The number of hydrogen-bond acceptors (Lipinski definition) is 4. The Morgan fingerprint density at radius 3 is 2.67 bits per heavy atom. The largest absolute Gasteiger partial charge is 0.349 e. The van der Waals surface area contributed by atoms with Crippen molar-refractivity contribution in [2.75, 3.05) is 26.1 Å². The molecule has 0 amide bonds. The molecule has 7 heteroatoms. The minimum atomic E-state index is -3.43. The van der Waals surface area contributed by atoms with E-state index >= 15 is 0 Å². The van der Waals surface area contributed by atoms with Crippen LogP contribution in [0.15, 0.2) is 17.2 Å². The van der Waals surface area contributed by atoms with Crippen LogP contribution in [0, 0.1) is 0 Å². The molecule has 1 aromatic rings. The van der Waals surface area contributed by atoms with Crippen LogP contribution in [-0.4, -0.2) is 49.4 Å². The summed E-state index contributed by atoms with van der Waals surface area (Å²) in [5, 5.41) is 3.09. The predicted octanol–water partition coefficient (Wildman–Crippen LogP) is 1.99.